The van der Waals surface area contributed by atoms with E-state index in [9.17, 15) is 14.0 Å². The molecule has 0 heterocycles. The van der Waals surface area contributed by atoms with Gasteiger partial charge in [0.15, 0.2) is 6.10 Å². The summed E-state index contributed by atoms with van der Waals surface area (Å²) in [5.74, 6) is -1.54. The number of hydrogen-bond donors (Lipinski definition) is 1. The Balaban J connectivity index is 1.96. The van der Waals surface area contributed by atoms with Gasteiger partial charge in [-0.2, -0.15) is 0 Å². The summed E-state index contributed by atoms with van der Waals surface area (Å²) in [6.07, 6.45) is -1.18. The maximum Gasteiger partial charge on any atom is 0.311 e. The van der Waals surface area contributed by atoms with E-state index in [1.807, 2.05) is 32.0 Å². The van der Waals surface area contributed by atoms with Crippen molar-refractivity contribution in [3.05, 3.63) is 65.0 Å². The van der Waals surface area contributed by atoms with Gasteiger partial charge in [-0.15, -0.1) is 0 Å². The molecule has 4 nitrogen and oxygen atoms in total. The van der Waals surface area contributed by atoms with Crippen LogP contribution in [0.4, 0.5) is 10.1 Å². The molecule has 2 aromatic rings. The van der Waals surface area contributed by atoms with Gasteiger partial charge in [-0.1, -0.05) is 36.4 Å². The molecule has 0 bridgehead atoms. The first-order chi connectivity index (χ1) is 11.4. The molecular formula is C19H20FNO3. The monoisotopic (exact) mass is 329 g/mol. The molecule has 0 aromatic heterocycles. The molecule has 0 radical (unpaired) electrons. The third-order valence-electron chi connectivity index (χ3n) is 3.70. The summed E-state index contributed by atoms with van der Waals surface area (Å²) in [5, 5.41) is 2.77. The molecule has 2 rings (SSSR count). The SMILES string of the molecule is Cc1cccc(C)c1NC(=O)[C@@H](C)OC(=O)Cc1ccccc1F. The molecule has 24 heavy (non-hydrogen) atoms. The Labute approximate surface area is 140 Å². The zero-order chi connectivity index (χ0) is 17.7. The van der Waals surface area contributed by atoms with E-state index in [1.54, 1.807) is 12.1 Å². The number of ether oxygens (including phenoxy) is 1. The van der Waals surface area contributed by atoms with Crippen molar-refractivity contribution < 1.29 is 18.7 Å². The average Bonchev–Trinajstić information content (AvgIpc) is 2.53. The summed E-state index contributed by atoms with van der Waals surface area (Å²) in [6, 6.07) is 11.7. The molecule has 0 fully saturated rings. The lowest BCUT2D eigenvalue weighted by Crippen LogP contribution is -2.31. The molecule has 1 amide bonds. The number of amides is 1. The first-order valence-electron chi connectivity index (χ1n) is 7.68. The van der Waals surface area contributed by atoms with E-state index in [-0.39, 0.29) is 12.0 Å². The van der Waals surface area contributed by atoms with Crippen LogP contribution >= 0.6 is 0 Å². The molecule has 126 valence electrons. The molecule has 0 aliphatic rings. The third-order valence-corrected chi connectivity index (χ3v) is 3.70. The van der Waals surface area contributed by atoms with Crippen LogP contribution in [0, 0.1) is 19.7 Å². The lowest BCUT2D eigenvalue weighted by molar-refractivity contribution is -0.152. The van der Waals surface area contributed by atoms with Crippen molar-refractivity contribution in [2.24, 2.45) is 0 Å². The van der Waals surface area contributed by atoms with Gasteiger partial charge in [0.1, 0.15) is 5.82 Å². The molecule has 2 aromatic carbocycles. The van der Waals surface area contributed by atoms with Gasteiger partial charge in [0.2, 0.25) is 0 Å². The van der Waals surface area contributed by atoms with Crippen molar-refractivity contribution in [1.29, 1.82) is 0 Å². The van der Waals surface area contributed by atoms with Crippen molar-refractivity contribution in [3.63, 3.8) is 0 Å². The topological polar surface area (TPSA) is 55.4 Å². The van der Waals surface area contributed by atoms with Crippen LogP contribution in [-0.2, 0) is 20.7 Å². The number of halogens is 1. The number of carbonyl (C=O) groups excluding carboxylic acids is 2. The predicted molar refractivity (Wildman–Crippen MR) is 90.2 cm³/mol. The number of aryl methyl sites for hydroxylation is 2. The normalized spacial score (nSPS) is 11.7. The Morgan fingerprint density at radius 3 is 2.33 bits per heavy atom. The van der Waals surface area contributed by atoms with E-state index in [2.05, 4.69) is 5.32 Å². The minimum atomic E-state index is -0.969. The molecule has 0 aliphatic heterocycles. The zero-order valence-electron chi connectivity index (χ0n) is 13.9. The quantitative estimate of drug-likeness (QED) is 0.854. The Kier molecular flexibility index (Phi) is 5.68. The van der Waals surface area contributed by atoms with Crippen molar-refractivity contribution in [2.45, 2.75) is 33.3 Å². The van der Waals surface area contributed by atoms with Gasteiger partial charge in [0.25, 0.3) is 5.91 Å². The lowest BCUT2D eigenvalue weighted by atomic mass is 10.1. The molecule has 1 N–H and O–H groups in total. The highest BCUT2D eigenvalue weighted by atomic mass is 19.1. The highest BCUT2D eigenvalue weighted by Gasteiger charge is 2.20. The number of benzene rings is 2. The van der Waals surface area contributed by atoms with Gasteiger partial charge in [-0.3, -0.25) is 9.59 Å². The van der Waals surface area contributed by atoms with Gasteiger partial charge < -0.3 is 10.1 Å². The second-order valence-corrected chi connectivity index (χ2v) is 5.66. The number of nitrogens with one attached hydrogen (secondary N) is 1. The highest BCUT2D eigenvalue weighted by Crippen LogP contribution is 2.20. The van der Waals surface area contributed by atoms with Gasteiger partial charge in [0.05, 0.1) is 6.42 Å². The van der Waals surface area contributed by atoms with Crippen molar-refractivity contribution in [2.75, 3.05) is 5.32 Å². The largest absolute Gasteiger partial charge is 0.452 e. The van der Waals surface area contributed by atoms with E-state index in [0.717, 1.165) is 11.1 Å². The molecule has 5 heteroatoms. The van der Waals surface area contributed by atoms with E-state index in [1.165, 1.54) is 19.1 Å². The molecule has 0 spiro atoms. The number of esters is 1. The van der Waals surface area contributed by atoms with Crippen LogP contribution in [0.15, 0.2) is 42.5 Å². The molecule has 0 saturated carbocycles. The summed E-state index contributed by atoms with van der Waals surface area (Å²) in [5.41, 5.74) is 2.80. The zero-order valence-corrected chi connectivity index (χ0v) is 13.9. The van der Waals surface area contributed by atoms with Gasteiger partial charge in [0, 0.05) is 5.69 Å². The van der Waals surface area contributed by atoms with Crippen LogP contribution in [0.25, 0.3) is 0 Å². The maximum atomic E-state index is 13.5. The van der Waals surface area contributed by atoms with Gasteiger partial charge in [-0.05, 0) is 43.5 Å². The van der Waals surface area contributed by atoms with Crippen LogP contribution in [0.2, 0.25) is 0 Å². The number of hydrogen-bond acceptors (Lipinski definition) is 3. The number of anilines is 1. The number of rotatable bonds is 5. The van der Waals surface area contributed by atoms with Gasteiger partial charge in [-0.25, -0.2) is 4.39 Å². The van der Waals surface area contributed by atoms with Crippen molar-refractivity contribution in [3.8, 4) is 0 Å². The van der Waals surface area contributed by atoms with Crippen LogP contribution in [0.1, 0.15) is 23.6 Å². The van der Waals surface area contributed by atoms with E-state index in [4.69, 9.17) is 4.74 Å². The summed E-state index contributed by atoms with van der Waals surface area (Å²) in [4.78, 5) is 24.1. The van der Waals surface area contributed by atoms with E-state index >= 15 is 0 Å². The standard InChI is InChI=1S/C19H20FNO3/c1-12-7-6-8-13(2)18(12)21-19(23)14(3)24-17(22)11-15-9-4-5-10-16(15)20/h4-10,14H,11H2,1-3H3,(H,21,23)/t14-/m1/s1. The predicted octanol–water partition coefficient (Wildman–Crippen LogP) is 3.56. The minimum absolute atomic E-state index is 0.215. The second-order valence-electron chi connectivity index (χ2n) is 5.66. The fourth-order valence-electron chi connectivity index (χ4n) is 2.33. The van der Waals surface area contributed by atoms with Crippen LogP contribution in [-0.4, -0.2) is 18.0 Å². The summed E-state index contributed by atoms with van der Waals surface area (Å²) in [7, 11) is 0. The Bertz CT molecular complexity index is 738. The minimum Gasteiger partial charge on any atom is -0.452 e. The molecule has 0 unspecified atom stereocenters. The molecular weight excluding hydrogens is 309 g/mol. The summed E-state index contributed by atoms with van der Waals surface area (Å²) < 4.78 is 18.6. The Morgan fingerprint density at radius 2 is 1.71 bits per heavy atom. The Morgan fingerprint density at radius 1 is 1.08 bits per heavy atom. The van der Waals surface area contributed by atoms with Crippen LogP contribution < -0.4 is 5.32 Å². The second kappa shape index (κ2) is 7.73. The molecule has 0 saturated heterocycles. The fourth-order valence-corrected chi connectivity index (χ4v) is 2.33. The number of carbonyl (C=O) groups is 2. The first kappa shape index (κ1) is 17.7. The third kappa shape index (κ3) is 4.41. The van der Waals surface area contributed by atoms with Crippen LogP contribution in [0.3, 0.4) is 0 Å². The van der Waals surface area contributed by atoms with Crippen molar-refractivity contribution >= 4 is 17.6 Å². The van der Waals surface area contributed by atoms with E-state index in [0.29, 0.717) is 5.69 Å². The van der Waals surface area contributed by atoms with Crippen LogP contribution in [0.5, 0.6) is 0 Å². The maximum absolute atomic E-state index is 13.5. The first-order valence-corrected chi connectivity index (χ1v) is 7.68. The van der Waals surface area contributed by atoms with E-state index < -0.39 is 23.8 Å². The average molecular weight is 329 g/mol. The summed E-state index contributed by atoms with van der Waals surface area (Å²) in [6.45, 7) is 5.26. The number of para-hydroxylation sites is 1. The fraction of sp³-hybridized carbons (Fsp3) is 0.263. The smallest absolute Gasteiger partial charge is 0.311 e. The molecule has 1 atom stereocenters. The van der Waals surface area contributed by atoms with Crippen molar-refractivity contribution in [1.82, 2.24) is 0 Å². The lowest BCUT2D eigenvalue weighted by Gasteiger charge is -2.16. The summed E-state index contributed by atoms with van der Waals surface area (Å²) >= 11 is 0. The van der Waals surface area contributed by atoms with Gasteiger partial charge >= 0.3 is 5.97 Å². The highest BCUT2D eigenvalue weighted by molar-refractivity contribution is 5.96. The Hall–Kier alpha value is -2.69. The molecule has 0 aliphatic carbocycles.